The van der Waals surface area contributed by atoms with Gasteiger partial charge in [0.25, 0.3) is 5.79 Å². The minimum atomic E-state index is -1.29. The first-order chi connectivity index (χ1) is 10.1. The van der Waals surface area contributed by atoms with E-state index in [9.17, 15) is 9.59 Å². The van der Waals surface area contributed by atoms with Gasteiger partial charge in [-0.2, -0.15) is 0 Å². The Morgan fingerprint density at radius 1 is 1.09 bits per heavy atom. The van der Waals surface area contributed by atoms with Crippen molar-refractivity contribution in [2.45, 2.75) is 26.6 Å². The number of rotatable bonds is 2. The van der Waals surface area contributed by atoms with Crippen molar-refractivity contribution >= 4 is 52.4 Å². The zero-order valence-electron chi connectivity index (χ0n) is 11.9. The summed E-state index contributed by atoms with van der Waals surface area (Å²) >= 11 is 18.2. The van der Waals surface area contributed by atoms with E-state index in [4.69, 9.17) is 44.3 Å². The molecular weight excluding hydrogens is 353 g/mol. The quantitative estimate of drug-likeness (QED) is 0.486. The molecule has 0 aliphatic carbocycles. The number of hydrogen-bond donors (Lipinski definition) is 1. The van der Waals surface area contributed by atoms with E-state index < -0.39 is 17.7 Å². The molecule has 0 atom stereocenters. The highest BCUT2D eigenvalue weighted by molar-refractivity contribution is 6.42. The largest absolute Gasteiger partial charge is 0.419 e. The van der Waals surface area contributed by atoms with Gasteiger partial charge in [0.2, 0.25) is 0 Å². The standard InChI is InChI=1S/C14H12Cl3NO4/c1-6-8(15)4-9(16)11(10(6)17)18-5-7-12(19)21-14(2,3)22-13(7)20/h4-5,18H,1-3H3. The molecule has 8 heteroatoms. The fourth-order valence-electron chi connectivity index (χ4n) is 1.74. The third kappa shape index (κ3) is 3.32. The molecule has 1 fully saturated rings. The Morgan fingerprint density at radius 3 is 2.18 bits per heavy atom. The highest BCUT2D eigenvalue weighted by atomic mass is 35.5. The van der Waals surface area contributed by atoms with Gasteiger partial charge < -0.3 is 14.8 Å². The summed E-state index contributed by atoms with van der Waals surface area (Å²) in [5.74, 6) is -2.89. The van der Waals surface area contributed by atoms with Crippen molar-refractivity contribution in [1.29, 1.82) is 0 Å². The summed E-state index contributed by atoms with van der Waals surface area (Å²) in [5.41, 5.74) is 0.644. The minimum Gasteiger partial charge on any atom is -0.419 e. The van der Waals surface area contributed by atoms with Crippen LogP contribution in [0, 0.1) is 6.92 Å². The summed E-state index contributed by atoms with van der Waals surface area (Å²) in [4.78, 5) is 23.6. The number of halogens is 3. The molecule has 0 aromatic heterocycles. The second kappa shape index (κ2) is 5.99. The van der Waals surface area contributed by atoms with Crippen LogP contribution >= 0.6 is 34.8 Å². The van der Waals surface area contributed by atoms with E-state index in [1.54, 1.807) is 6.92 Å². The number of esters is 2. The first kappa shape index (κ1) is 16.9. The van der Waals surface area contributed by atoms with Crippen LogP contribution in [-0.2, 0) is 19.1 Å². The van der Waals surface area contributed by atoms with Gasteiger partial charge in [-0.25, -0.2) is 9.59 Å². The van der Waals surface area contributed by atoms with Crippen molar-refractivity contribution in [3.63, 3.8) is 0 Å². The molecule has 118 valence electrons. The molecule has 1 saturated heterocycles. The van der Waals surface area contributed by atoms with Crippen molar-refractivity contribution < 1.29 is 19.1 Å². The van der Waals surface area contributed by atoms with Crippen molar-refractivity contribution in [3.05, 3.63) is 38.5 Å². The zero-order valence-corrected chi connectivity index (χ0v) is 14.2. The van der Waals surface area contributed by atoms with Crippen molar-refractivity contribution in [2.24, 2.45) is 0 Å². The van der Waals surface area contributed by atoms with Crippen LogP contribution in [0.5, 0.6) is 0 Å². The number of anilines is 1. The highest BCUT2D eigenvalue weighted by Gasteiger charge is 2.39. The van der Waals surface area contributed by atoms with Crippen molar-refractivity contribution in [3.8, 4) is 0 Å². The lowest BCUT2D eigenvalue weighted by atomic mass is 10.2. The van der Waals surface area contributed by atoms with Crippen molar-refractivity contribution in [2.75, 3.05) is 5.32 Å². The van der Waals surface area contributed by atoms with Gasteiger partial charge in [0, 0.05) is 25.1 Å². The van der Waals surface area contributed by atoms with E-state index >= 15 is 0 Å². The topological polar surface area (TPSA) is 64.6 Å². The van der Waals surface area contributed by atoms with E-state index in [1.165, 1.54) is 19.9 Å². The maximum atomic E-state index is 11.8. The van der Waals surface area contributed by atoms with E-state index in [0.717, 1.165) is 6.20 Å². The molecule has 1 aliphatic heterocycles. The van der Waals surface area contributed by atoms with Crippen LogP contribution in [0.4, 0.5) is 5.69 Å². The molecular formula is C14H12Cl3NO4. The van der Waals surface area contributed by atoms with Gasteiger partial charge >= 0.3 is 11.9 Å². The predicted octanol–water partition coefficient (Wildman–Crippen LogP) is 4.09. The first-order valence-corrected chi connectivity index (χ1v) is 7.33. The highest BCUT2D eigenvalue weighted by Crippen LogP contribution is 2.37. The molecule has 0 amide bonds. The normalized spacial score (nSPS) is 16.9. The first-order valence-electron chi connectivity index (χ1n) is 6.20. The summed E-state index contributed by atoms with van der Waals surface area (Å²) < 4.78 is 9.94. The molecule has 1 aliphatic rings. The number of hydrogen-bond acceptors (Lipinski definition) is 5. The molecule has 0 radical (unpaired) electrons. The van der Waals surface area contributed by atoms with Gasteiger partial charge in [-0.3, -0.25) is 0 Å². The fraction of sp³-hybridized carbons (Fsp3) is 0.286. The molecule has 0 unspecified atom stereocenters. The van der Waals surface area contributed by atoms with E-state index in [2.05, 4.69) is 5.32 Å². The monoisotopic (exact) mass is 363 g/mol. The van der Waals surface area contributed by atoms with Gasteiger partial charge in [-0.1, -0.05) is 34.8 Å². The molecule has 2 rings (SSSR count). The van der Waals surface area contributed by atoms with Crippen LogP contribution in [0.25, 0.3) is 0 Å². The Hall–Kier alpha value is -1.43. The van der Waals surface area contributed by atoms with Crippen LogP contribution in [0.1, 0.15) is 19.4 Å². The maximum Gasteiger partial charge on any atom is 0.350 e. The molecule has 1 N–H and O–H groups in total. The van der Waals surface area contributed by atoms with E-state index in [-0.39, 0.29) is 15.6 Å². The SMILES string of the molecule is Cc1c(Cl)cc(Cl)c(NC=C2C(=O)OC(C)(C)OC2=O)c1Cl. The van der Waals surface area contributed by atoms with Crippen LogP contribution in [0.2, 0.25) is 15.1 Å². The van der Waals surface area contributed by atoms with Crippen LogP contribution in [0.15, 0.2) is 17.8 Å². The summed E-state index contributed by atoms with van der Waals surface area (Å²) in [6.07, 6.45) is 1.14. The number of cyclic esters (lactones) is 2. The lowest BCUT2D eigenvalue weighted by Crippen LogP contribution is -2.42. The molecule has 1 heterocycles. The van der Waals surface area contributed by atoms with Crippen molar-refractivity contribution in [1.82, 2.24) is 0 Å². The maximum absolute atomic E-state index is 11.8. The van der Waals surface area contributed by atoms with E-state index in [1.807, 2.05) is 0 Å². The molecule has 1 aromatic rings. The molecule has 0 bridgehead atoms. The average molecular weight is 365 g/mol. The Labute approximate surface area is 142 Å². The van der Waals surface area contributed by atoms with Gasteiger partial charge in [0.15, 0.2) is 5.57 Å². The smallest absolute Gasteiger partial charge is 0.350 e. The fourth-order valence-corrected chi connectivity index (χ4v) is 2.62. The third-order valence-corrected chi connectivity index (χ3v) is 4.04. The molecule has 0 saturated carbocycles. The van der Waals surface area contributed by atoms with Crippen LogP contribution in [-0.4, -0.2) is 17.7 Å². The van der Waals surface area contributed by atoms with Gasteiger partial charge in [-0.15, -0.1) is 0 Å². The average Bonchev–Trinajstić information content (AvgIpc) is 2.37. The number of carbonyl (C=O) groups excluding carboxylic acids is 2. The third-order valence-electron chi connectivity index (χ3n) is 2.88. The number of nitrogens with one attached hydrogen (secondary N) is 1. The van der Waals surface area contributed by atoms with Crippen LogP contribution in [0.3, 0.4) is 0 Å². The zero-order chi connectivity index (χ0) is 16.7. The van der Waals surface area contributed by atoms with Gasteiger partial charge in [0.1, 0.15) is 0 Å². The van der Waals surface area contributed by atoms with Gasteiger partial charge in [0.05, 0.1) is 15.7 Å². The molecule has 0 spiro atoms. The van der Waals surface area contributed by atoms with E-state index in [0.29, 0.717) is 16.3 Å². The summed E-state index contributed by atoms with van der Waals surface area (Å²) in [5, 5.41) is 3.66. The summed E-state index contributed by atoms with van der Waals surface area (Å²) in [7, 11) is 0. The Morgan fingerprint density at radius 2 is 1.64 bits per heavy atom. The van der Waals surface area contributed by atoms with Gasteiger partial charge in [-0.05, 0) is 18.6 Å². The Bertz CT molecular complexity index is 676. The van der Waals surface area contributed by atoms with Crippen LogP contribution < -0.4 is 5.32 Å². The lowest BCUT2D eigenvalue weighted by Gasteiger charge is -2.29. The summed E-state index contributed by atoms with van der Waals surface area (Å²) in [6, 6.07) is 1.51. The second-order valence-electron chi connectivity index (χ2n) is 5.04. The predicted molar refractivity (Wildman–Crippen MR) is 84.2 cm³/mol. The molecule has 22 heavy (non-hydrogen) atoms. The Balaban J connectivity index is 2.32. The lowest BCUT2D eigenvalue weighted by molar-refractivity contribution is -0.222. The number of benzene rings is 1. The Kier molecular flexibility index (Phi) is 4.61. The second-order valence-corrected chi connectivity index (χ2v) is 6.23. The minimum absolute atomic E-state index is 0.246. The molecule has 1 aromatic carbocycles. The molecule has 5 nitrogen and oxygen atoms in total. The number of carbonyl (C=O) groups is 2. The number of ether oxygens (including phenoxy) is 2. The summed E-state index contributed by atoms with van der Waals surface area (Å²) in [6.45, 7) is 4.64.